The van der Waals surface area contributed by atoms with Gasteiger partial charge < -0.3 is 18.6 Å². The lowest BCUT2D eigenvalue weighted by atomic mass is 10.1. The van der Waals surface area contributed by atoms with Gasteiger partial charge in [0, 0.05) is 62.4 Å². The van der Waals surface area contributed by atoms with E-state index in [1.54, 1.807) is 10.8 Å². The van der Waals surface area contributed by atoms with Crippen molar-refractivity contribution < 1.29 is 14.3 Å². The fourth-order valence-electron chi connectivity index (χ4n) is 5.06. The number of pyridine rings is 2. The highest BCUT2D eigenvalue weighted by Gasteiger charge is 2.28. The molecule has 3 aromatic rings. The van der Waals surface area contributed by atoms with Crippen LogP contribution in [0.25, 0.3) is 5.82 Å². The van der Waals surface area contributed by atoms with Crippen LogP contribution in [0, 0.1) is 0 Å². The fraction of sp³-hybridized carbons (Fsp3) is 0.423. The third kappa shape index (κ3) is 4.99. The molecule has 0 unspecified atom stereocenters. The zero-order chi connectivity index (χ0) is 24.4. The molecule has 4 heterocycles. The second kappa shape index (κ2) is 10.3. The number of halogens is 1. The average molecular weight is 497 g/mol. The molecule has 0 atom stereocenters. The number of carbonyl (C=O) groups is 1. The number of ether oxygens (including phenoxy) is 2. The van der Waals surface area contributed by atoms with E-state index in [0.717, 1.165) is 37.2 Å². The number of hydrogen-bond acceptors (Lipinski definition) is 6. The molecule has 1 aliphatic carbocycles. The first kappa shape index (κ1) is 23.6. The first-order valence-electron chi connectivity index (χ1n) is 12.1. The third-order valence-corrected chi connectivity index (χ3v) is 7.07. The van der Waals surface area contributed by atoms with Crippen LogP contribution in [0.15, 0.2) is 47.5 Å². The van der Waals surface area contributed by atoms with Gasteiger partial charge in [0.1, 0.15) is 17.1 Å². The molecule has 0 bridgehead atoms. The van der Waals surface area contributed by atoms with Gasteiger partial charge in [0.15, 0.2) is 0 Å². The molecule has 0 amide bonds. The van der Waals surface area contributed by atoms with E-state index in [1.807, 2.05) is 29.0 Å². The molecule has 184 valence electrons. The Morgan fingerprint density at radius 3 is 2.74 bits per heavy atom. The third-order valence-electron chi connectivity index (χ3n) is 6.85. The minimum absolute atomic E-state index is 0.0393. The SMILES string of the molecule is COC(=O)c1c(OC2CCCC2)cc(=O)n2c1CCN(Cc1cccn1-c1ccc(Cl)cn1)CC2. The Morgan fingerprint density at radius 2 is 2.00 bits per heavy atom. The maximum Gasteiger partial charge on any atom is 0.343 e. The highest BCUT2D eigenvalue weighted by molar-refractivity contribution is 6.30. The summed E-state index contributed by atoms with van der Waals surface area (Å²) in [6.45, 7) is 2.53. The predicted molar refractivity (Wildman–Crippen MR) is 132 cm³/mol. The number of carbonyl (C=O) groups excluding carboxylic acids is 1. The molecule has 1 saturated carbocycles. The predicted octanol–water partition coefficient (Wildman–Crippen LogP) is 3.85. The van der Waals surface area contributed by atoms with Gasteiger partial charge in [-0.15, -0.1) is 0 Å². The molecule has 0 saturated heterocycles. The summed E-state index contributed by atoms with van der Waals surface area (Å²) in [7, 11) is 1.37. The topological polar surface area (TPSA) is 78.6 Å². The Kier molecular flexibility index (Phi) is 6.92. The monoisotopic (exact) mass is 496 g/mol. The molecule has 8 nitrogen and oxygen atoms in total. The summed E-state index contributed by atoms with van der Waals surface area (Å²) in [4.78, 5) is 32.6. The zero-order valence-electron chi connectivity index (χ0n) is 19.8. The smallest absolute Gasteiger partial charge is 0.343 e. The maximum absolute atomic E-state index is 13.1. The van der Waals surface area contributed by atoms with E-state index >= 15 is 0 Å². The van der Waals surface area contributed by atoms with Crippen LogP contribution in [0.5, 0.6) is 5.75 Å². The molecule has 0 spiro atoms. The average Bonchev–Trinajstić information content (AvgIpc) is 3.49. The lowest BCUT2D eigenvalue weighted by molar-refractivity contribution is 0.0590. The second-order valence-electron chi connectivity index (χ2n) is 9.07. The molecular formula is C26H29ClN4O4. The van der Waals surface area contributed by atoms with Crippen LogP contribution in [0.2, 0.25) is 5.02 Å². The molecule has 1 aliphatic heterocycles. The van der Waals surface area contributed by atoms with E-state index in [4.69, 9.17) is 21.1 Å². The van der Waals surface area contributed by atoms with E-state index in [-0.39, 0.29) is 11.7 Å². The maximum atomic E-state index is 13.1. The van der Waals surface area contributed by atoms with E-state index in [9.17, 15) is 9.59 Å². The Hall–Kier alpha value is -3.10. The quantitative estimate of drug-likeness (QED) is 0.482. The van der Waals surface area contributed by atoms with Gasteiger partial charge in [-0.2, -0.15) is 0 Å². The van der Waals surface area contributed by atoms with E-state index in [2.05, 4.69) is 16.0 Å². The normalized spacial score (nSPS) is 16.6. The fourth-order valence-corrected chi connectivity index (χ4v) is 5.17. The lowest BCUT2D eigenvalue weighted by Crippen LogP contribution is -2.30. The number of rotatable bonds is 6. The van der Waals surface area contributed by atoms with Gasteiger partial charge in [-0.3, -0.25) is 9.69 Å². The Morgan fingerprint density at radius 1 is 1.17 bits per heavy atom. The lowest BCUT2D eigenvalue weighted by Gasteiger charge is -2.20. The summed E-state index contributed by atoms with van der Waals surface area (Å²) in [6.07, 6.45) is 8.28. The minimum atomic E-state index is -0.460. The number of hydrogen-bond donors (Lipinski definition) is 0. The Bertz CT molecular complexity index is 1260. The molecule has 2 aliphatic rings. The van der Waals surface area contributed by atoms with Crippen molar-refractivity contribution in [3.63, 3.8) is 0 Å². The summed E-state index contributed by atoms with van der Waals surface area (Å²) in [6, 6.07) is 9.22. The van der Waals surface area contributed by atoms with Crippen molar-refractivity contribution >= 4 is 17.6 Å². The highest BCUT2D eigenvalue weighted by atomic mass is 35.5. The molecule has 5 rings (SSSR count). The van der Waals surface area contributed by atoms with Crippen molar-refractivity contribution in [2.24, 2.45) is 0 Å². The molecule has 1 fully saturated rings. The van der Waals surface area contributed by atoms with Crippen LogP contribution in [0.1, 0.15) is 47.4 Å². The van der Waals surface area contributed by atoms with Crippen LogP contribution in [0.4, 0.5) is 0 Å². The van der Waals surface area contributed by atoms with Crippen molar-refractivity contribution in [3.05, 3.63) is 75.1 Å². The van der Waals surface area contributed by atoms with Gasteiger partial charge in [-0.1, -0.05) is 11.6 Å². The number of fused-ring (bicyclic) bond motifs is 1. The molecular weight excluding hydrogens is 468 g/mol. The van der Waals surface area contributed by atoms with Crippen LogP contribution < -0.4 is 10.3 Å². The van der Waals surface area contributed by atoms with Crippen molar-refractivity contribution in [1.82, 2.24) is 19.0 Å². The van der Waals surface area contributed by atoms with Gasteiger partial charge >= 0.3 is 5.97 Å². The molecule has 3 aromatic heterocycles. The van der Waals surface area contributed by atoms with Gasteiger partial charge in [0.2, 0.25) is 0 Å². The summed E-state index contributed by atoms with van der Waals surface area (Å²) in [5.41, 5.74) is 2.01. The van der Waals surface area contributed by atoms with Crippen LogP contribution in [-0.2, 0) is 24.2 Å². The molecule has 35 heavy (non-hydrogen) atoms. The van der Waals surface area contributed by atoms with Gasteiger partial charge in [-0.25, -0.2) is 9.78 Å². The van der Waals surface area contributed by atoms with Crippen LogP contribution in [0.3, 0.4) is 0 Å². The zero-order valence-corrected chi connectivity index (χ0v) is 20.5. The van der Waals surface area contributed by atoms with E-state index in [1.165, 1.54) is 13.2 Å². The van der Waals surface area contributed by atoms with Gasteiger partial charge in [0.25, 0.3) is 5.56 Å². The molecule has 0 N–H and O–H groups in total. The van der Waals surface area contributed by atoms with E-state index < -0.39 is 5.97 Å². The number of nitrogens with zero attached hydrogens (tertiary/aromatic N) is 4. The van der Waals surface area contributed by atoms with E-state index in [0.29, 0.717) is 54.6 Å². The molecule has 0 radical (unpaired) electrons. The molecule has 9 heteroatoms. The van der Waals surface area contributed by atoms with Crippen molar-refractivity contribution in [2.75, 3.05) is 20.2 Å². The van der Waals surface area contributed by atoms with Crippen LogP contribution >= 0.6 is 11.6 Å². The van der Waals surface area contributed by atoms with Crippen molar-refractivity contribution in [2.45, 2.75) is 51.3 Å². The van der Waals surface area contributed by atoms with Crippen LogP contribution in [-0.4, -0.2) is 51.3 Å². The first-order valence-corrected chi connectivity index (χ1v) is 12.4. The standard InChI is InChI=1S/C26H29ClN4O4/c1-34-26(33)25-21-10-12-29(17-19-5-4-11-30(19)23-9-8-18(27)16-28-23)13-14-31(21)24(32)15-22(25)35-20-6-2-3-7-20/h4-5,8-9,11,15-16,20H,2-3,6-7,10,12-14,17H2,1H3. The summed E-state index contributed by atoms with van der Waals surface area (Å²) in [5, 5.41) is 0.593. The molecule has 0 aromatic carbocycles. The van der Waals surface area contributed by atoms with Gasteiger partial charge in [-0.05, 0) is 49.9 Å². The Balaban J connectivity index is 1.40. The number of esters is 1. The summed E-state index contributed by atoms with van der Waals surface area (Å²) < 4.78 is 15.0. The summed E-state index contributed by atoms with van der Waals surface area (Å²) in [5.74, 6) is 0.694. The largest absolute Gasteiger partial charge is 0.489 e. The number of aromatic nitrogens is 3. The van der Waals surface area contributed by atoms with Crippen molar-refractivity contribution in [3.8, 4) is 11.6 Å². The second-order valence-corrected chi connectivity index (χ2v) is 9.50. The number of methoxy groups -OCH3 is 1. The minimum Gasteiger partial charge on any atom is -0.489 e. The highest BCUT2D eigenvalue weighted by Crippen LogP contribution is 2.29. The Labute approximate surface area is 209 Å². The van der Waals surface area contributed by atoms with Crippen molar-refractivity contribution in [1.29, 1.82) is 0 Å². The first-order chi connectivity index (χ1) is 17.0. The van der Waals surface area contributed by atoms with Gasteiger partial charge in [0.05, 0.1) is 18.2 Å². The summed E-state index contributed by atoms with van der Waals surface area (Å²) >= 11 is 6.00.